The fourth-order valence-electron chi connectivity index (χ4n) is 2.14. The molecule has 0 fully saturated rings. The van der Waals surface area contributed by atoms with Gasteiger partial charge in [0.1, 0.15) is 10.8 Å². The Balaban J connectivity index is 2.16. The fourth-order valence-corrected chi connectivity index (χ4v) is 3.10. The van der Waals surface area contributed by atoms with E-state index in [2.05, 4.69) is 10.3 Å². The van der Waals surface area contributed by atoms with Crippen molar-refractivity contribution in [3.63, 3.8) is 0 Å². The summed E-state index contributed by atoms with van der Waals surface area (Å²) in [5.41, 5.74) is 0.990. The van der Waals surface area contributed by atoms with E-state index >= 15 is 0 Å². The molecule has 0 bridgehead atoms. The summed E-state index contributed by atoms with van der Waals surface area (Å²) in [6, 6.07) is 10.8. The number of benzene rings is 2. The van der Waals surface area contributed by atoms with Gasteiger partial charge in [0.05, 0.1) is 0 Å². The molecule has 0 saturated carbocycles. The Bertz CT molecular complexity index is 721. The fraction of sp³-hybridized carbons (Fsp3) is 0.133. The third kappa shape index (κ3) is 2.25. The standard InChI is InChI=1S/C15H13FN2S/c1-17-8-10-9-18-15(19-10)13-6-7-14(16)12-5-3-2-4-11(12)13/h2-7,9,17H,8H2,1H3. The summed E-state index contributed by atoms with van der Waals surface area (Å²) in [5.74, 6) is -0.189. The van der Waals surface area contributed by atoms with Crippen LogP contribution in [0.3, 0.4) is 0 Å². The highest BCUT2D eigenvalue weighted by Gasteiger charge is 2.10. The number of halogens is 1. The Morgan fingerprint density at radius 1 is 1.16 bits per heavy atom. The second-order valence-electron chi connectivity index (χ2n) is 4.30. The first kappa shape index (κ1) is 12.3. The number of hydrogen-bond acceptors (Lipinski definition) is 3. The topological polar surface area (TPSA) is 24.9 Å². The molecule has 2 nitrogen and oxygen atoms in total. The first-order chi connectivity index (χ1) is 9.29. The van der Waals surface area contributed by atoms with Gasteiger partial charge in [0.15, 0.2) is 0 Å². The zero-order valence-corrected chi connectivity index (χ0v) is 11.3. The van der Waals surface area contributed by atoms with Gasteiger partial charge in [0.2, 0.25) is 0 Å². The van der Waals surface area contributed by atoms with Gasteiger partial charge in [-0.3, -0.25) is 0 Å². The lowest BCUT2D eigenvalue weighted by Gasteiger charge is -2.04. The van der Waals surface area contributed by atoms with Crippen molar-refractivity contribution in [2.75, 3.05) is 7.05 Å². The predicted octanol–water partition coefficient (Wildman–Crippen LogP) is 3.82. The minimum absolute atomic E-state index is 0.189. The molecule has 0 amide bonds. The zero-order chi connectivity index (χ0) is 13.2. The van der Waals surface area contributed by atoms with Crippen LogP contribution in [0.4, 0.5) is 4.39 Å². The van der Waals surface area contributed by atoms with Crippen molar-refractivity contribution in [2.24, 2.45) is 0 Å². The van der Waals surface area contributed by atoms with E-state index in [1.807, 2.05) is 31.4 Å². The van der Waals surface area contributed by atoms with Gasteiger partial charge in [0, 0.05) is 28.6 Å². The summed E-state index contributed by atoms with van der Waals surface area (Å²) < 4.78 is 13.8. The predicted molar refractivity (Wildman–Crippen MR) is 77.8 cm³/mol. The number of thiazole rings is 1. The second kappa shape index (κ2) is 5.07. The summed E-state index contributed by atoms with van der Waals surface area (Å²) >= 11 is 1.64. The van der Waals surface area contributed by atoms with Crippen LogP contribution in [0.25, 0.3) is 21.3 Å². The van der Waals surface area contributed by atoms with Gasteiger partial charge in [-0.25, -0.2) is 9.37 Å². The molecule has 0 spiro atoms. The highest BCUT2D eigenvalue weighted by Crippen LogP contribution is 2.32. The van der Waals surface area contributed by atoms with Crippen LogP contribution in [0, 0.1) is 5.82 Å². The lowest BCUT2D eigenvalue weighted by molar-refractivity contribution is 0.640. The first-order valence-electron chi connectivity index (χ1n) is 6.06. The first-order valence-corrected chi connectivity index (χ1v) is 6.88. The third-order valence-corrected chi connectivity index (χ3v) is 4.04. The summed E-state index contributed by atoms with van der Waals surface area (Å²) in [5, 5.41) is 5.59. The number of nitrogens with one attached hydrogen (secondary N) is 1. The molecule has 3 rings (SSSR count). The molecule has 0 unspecified atom stereocenters. The molecular formula is C15H13FN2S. The normalized spacial score (nSPS) is 11.1. The Morgan fingerprint density at radius 3 is 2.74 bits per heavy atom. The Morgan fingerprint density at radius 2 is 1.95 bits per heavy atom. The van der Waals surface area contributed by atoms with Crippen LogP contribution in [-0.2, 0) is 6.54 Å². The molecule has 19 heavy (non-hydrogen) atoms. The van der Waals surface area contributed by atoms with Gasteiger partial charge in [-0.2, -0.15) is 0 Å². The Hall–Kier alpha value is -1.78. The molecule has 0 saturated heterocycles. The number of aromatic nitrogens is 1. The van der Waals surface area contributed by atoms with E-state index in [0.29, 0.717) is 5.39 Å². The average molecular weight is 272 g/mol. The van der Waals surface area contributed by atoms with Crippen LogP contribution >= 0.6 is 11.3 Å². The zero-order valence-electron chi connectivity index (χ0n) is 10.5. The monoisotopic (exact) mass is 272 g/mol. The molecule has 1 aromatic heterocycles. The molecule has 1 heterocycles. The quantitative estimate of drug-likeness (QED) is 0.784. The summed E-state index contributed by atoms with van der Waals surface area (Å²) in [7, 11) is 1.91. The summed E-state index contributed by atoms with van der Waals surface area (Å²) in [4.78, 5) is 5.61. The molecule has 0 radical (unpaired) electrons. The molecule has 3 aromatic rings. The second-order valence-corrected chi connectivity index (χ2v) is 5.42. The van der Waals surface area contributed by atoms with Crippen LogP contribution in [0.15, 0.2) is 42.6 Å². The van der Waals surface area contributed by atoms with Gasteiger partial charge in [0.25, 0.3) is 0 Å². The lowest BCUT2D eigenvalue weighted by atomic mass is 10.0. The molecule has 0 aliphatic rings. The molecule has 0 aliphatic carbocycles. The van der Waals surface area contributed by atoms with Crippen LogP contribution < -0.4 is 5.32 Å². The van der Waals surface area contributed by atoms with Crippen molar-refractivity contribution in [3.8, 4) is 10.6 Å². The largest absolute Gasteiger partial charge is 0.315 e. The molecule has 2 aromatic carbocycles. The summed E-state index contributed by atoms with van der Waals surface area (Å²) in [6.45, 7) is 0.802. The number of rotatable bonds is 3. The minimum atomic E-state index is -0.189. The maximum absolute atomic E-state index is 13.8. The van der Waals surface area contributed by atoms with E-state index in [9.17, 15) is 4.39 Å². The van der Waals surface area contributed by atoms with Crippen molar-refractivity contribution in [2.45, 2.75) is 6.54 Å². The van der Waals surface area contributed by atoms with Gasteiger partial charge in [-0.05, 0) is 24.6 Å². The van der Waals surface area contributed by atoms with Crippen LogP contribution in [0.2, 0.25) is 0 Å². The van der Waals surface area contributed by atoms with Crippen molar-refractivity contribution >= 4 is 22.1 Å². The van der Waals surface area contributed by atoms with Crippen LogP contribution in [-0.4, -0.2) is 12.0 Å². The van der Waals surface area contributed by atoms with Crippen molar-refractivity contribution < 1.29 is 4.39 Å². The smallest absolute Gasteiger partial charge is 0.131 e. The molecule has 0 aliphatic heterocycles. The molecule has 96 valence electrons. The van der Waals surface area contributed by atoms with Crippen LogP contribution in [0.1, 0.15) is 4.88 Å². The Labute approximate surface area is 114 Å². The number of hydrogen-bond donors (Lipinski definition) is 1. The third-order valence-electron chi connectivity index (χ3n) is 3.01. The maximum atomic E-state index is 13.8. The average Bonchev–Trinajstić information content (AvgIpc) is 2.88. The van der Waals surface area contributed by atoms with E-state index < -0.39 is 0 Å². The molecular weight excluding hydrogens is 259 g/mol. The highest BCUT2D eigenvalue weighted by atomic mass is 32.1. The van der Waals surface area contributed by atoms with Gasteiger partial charge in [-0.15, -0.1) is 11.3 Å². The van der Waals surface area contributed by atoms with Crippen molar-refractivity contribution in [3.05, 3.63) is 53.3 Å². The molecule has 4 heteroatoms. The van der Waals surface area contributed by atoms with Crippen molar-refractivity contribution in [1.29, 1.82) is 0 Å². The minimum Gasteiger partial charge on any atom is -0.315 e. The van der Waals surface area contributed by atoms with Crippen LogP contribution in [0.5, 0.6) is 0 Å². The summed E-state index contributed by atoms with van der Waals surface area (Å²) in [6.07, 6.45) is 1.87. The number of fused-ring (bicyclic) bond motifs is 1. The SMILES string of the molecule is CNCc1cnc(-c2ccc(F)c3ccccc23)s1. The van der Waals surface area contributed by atoms with Gasteiger partial charge < -0.3 is 5.32 Å². The molecule has 0 atom stereocenters. The number of nitrogens with zero attached hydrogens (tertiary/aromatic N) is 1. The maximum Gasteiger partial charge on any atom is 0.131 e. The van der Waals surface area contributed by atoms with Gasteiger partial charge >= 0.3 is 0 Å². The van der Waals surface area contributed by atoms with E-state index in [1.165, 1.54) is 10.9 Å². The van der Waals surface area contributed by atoms with E-state index in [-0.39, 0.29) is 5.82 Å². The van der Waals surface area contributed by atoms with Crippen molar-refractivity contribution in [1.82, 2.24) is 10.3 Å². The van der Waals surface area contributed by atoms with E-state index in [1.54, 1.807) is 23.5 Å². The Kier molecular flexibility index (Phi) is 3.27. The lowest BCUT2D eigenvalue weighted by Crippen LogP contribution is -2.02. The van der Waals surface area contributed by atoms with E-state index in [4.69, 9.17) is 0 Å². The van der Waals surface area contributed by atoms with Gasteiger partial charge in [-0.1, -0.05) is 24.3 Å². The van der Waals surface area contributed by atoms with E-state index in [0.717, 1.165) is 22.5 Å². The molecule has 1 N–H and O–H groups in total. The highest BCUT2D eigenvalue weighted by molar-refractivity contribution is 7.15.